The number of rotatable bonds is 5. The Morgan fingerprint density at radius 3 is 2.60 bits per heavy atom. The molecule has 0 aliphatic heterocycles. The van der Waals surface area contributed by atoms with Gasteiger partial charge in [0, 0.05) is 35.2 Å². The Hall–Kier alpha value is -2.86. The number of ether oxygens (including phenoxy) is 1. The second kappa shape index (κ2) is 8.11. The zero-order chi connectivity index (χ0) is 20.5. The highest BCUT2D eigenvalue weighted by atomic mass is 32.1. The maximum Gasteiger partial charge on any atom is 0.195 e. The summed E-state index contributed by atoms with van der Waals surface area (Å²) in [6.45, 7) is 0.791. The van der Waals surface area contributed by atoms with Gasteiger partial charge in [-0.25, -0.2) is 0 Å². The molecule has 2 heterocycles. The van der Waals surface area contributed by atoms with Crippen LogP contribution in [-0.4, -0.2) is 26.4 Å². The fourth-order valence-electron chi connectivity index (χ4n) is 4.66. The van der Waals surface area contributed by atoms with Crippen molar-refractivity contribution in [1.29, 1.82) is 0 Å². The molecule has 1 aliphatic rings. The number of para-hydroxylation sites is 1. The second-order valence-electron chi connectivity index (χ2n) is 8.05. The number of aromatic amines is 1. The van der Waals surface area contributed by atoms with E-state index >= 15 is 0 Å². The zero-order valence-corrected chi connectivity index (χ0v) is 18.0. The van der Waals surface area contributed by atoms with E-state index in [0.717, 1.165) is 28.5 Å². The van der Waals surface area contributed by atoms with Gasteiger partial charge in [0.1, 0.15) is 5.75 Å². The molecular formula is C24H26N4OS. The van der Waals surface area contributed by atoms with Crippen molar-refractivity contribution in [3.05, 3.63) is 65.1 Å². The SMILES string of the molecule is COc1ccc(Cn2cc(-c3n[nH]c(=S)n3C3CCCCC3)c3ccccc32)cc1. The highest BCUT2D eigenvalue weighted by Crippen LogP contribution is 2.35. The summed E-state index contributed by atoms with van der Waals surface area (Å²) in [6.07, 6.45) is 8.40. The number of fused-ring (bicyclic) bond motifs is 1. The summed E-state index contributed by atoms with van der Waals surface area (Å²) in [5, 5.41) is 8.94. The Bertz CT molecular complexity index is 1210. The van der Waals surface area contributed by atoms with E-state index in [2.05, 4.69) is 61.9 Å². The number of H-pyrrole nitrogens is 1. The van der Waals surface area contributed by atoms with Crippen molar-refractivity contribution in [2.45, 2.75) is 44.7 Å². The summed E-state index contributed by atoms with van der Waals surface area (Å²) in [5.74, 6) is 1.83. The molecule has 5 rings (SSSR count). The van der Waals surface area contributed by atoms with Crippen LogP contribution in [0.2, 0.25) is 0 Å². The molecule has 1 N–H and O–H groups in total. The number of hydrogen-bond acceptors (Lipinski definition) is 3. The van der Waals surface area contributed by atoms with E-state index in [9.17, 15) is 0 Å². The van der Waals surface area contributed by atoms with Gasteiger partial charge in [-0.1, -0.05) is 49.6 Å². The lowest BCUT2D eigenvalue weighted by atomic mass is 9.95. The fourth-order valence-corrected chi connectivity index (χ4v) is 4.94. The van der Waals surface area contributed by atoms with Gasteiger partial charge in [-0.2, -0.15) is 5.10 Å². The quantitative estimate of drug-likeness (QED) is 0.397. The van der Waals surface area contributed by atoms with Crippen LogP contribution in [-0.2, 0) is 6.54 Å². The van der Waals surface area contributed by atoms with Gasteiger partial charge in [0.2, 0.25) is 0 Å². The number of benzene rings is 2. The van der Waals surface area contributed by atoms with E-state index in [1.165, 1.54) is 48.6 Å². The molecule has 0 atom stereocenters. The van der Waals surface area contributed by atoms with E-state index in [0.29, 0.717) is 6.04 Å². The van der Waals surface area contributed by atoms with Crippen LogP contribution in [0.4, 0.5) is 0 Å². The summed E-state index contributed by atoms with van der Waals surface area (Å²) in [4.78, 5) is 0. The number of hydrogen-bond donors (Lipinski definition) is 1. The highest BCUT2D eigenvalue weighted by Gasteiger charge is 2.23. The minimum Gasteiger partial charge on any atom is -0.497 e. The Kier molecular flexibility index (Phi) is 5.17. The molecule has 0 radical (unpaired) electrons. The lowest BCUT2D eigenvalue weighted by Gasteiger charge is -2.24. The molecule has 0 amide bonds. The van der Waals surface area contributed by atoms with Gasteiger partial charge in [-0.15, -0.1) is 0 Å². The first-order valence-corrected chi connectivity index (χ1v) is 11.0. The molecule has 2 aromatic heterocycles. The van der Waals surface area contributed by atoms with Crippen LogP contribution in [0.1, 0.15) is 43.7 Å². The normalized spacial score (nSPS) is 15.0. The van der Waals surface area contributed by atoms with Gasteiger partial charge in [0.25, 0.3) is 0 Å². The third-order valence-electron chi connectivity index (χ3n) is 6.19. The first-order valence-electron chi connectivity index (χ1n) is 10.6. The second-order valence-corrected chi connectivity index (χ2v) is 8.44. The van der Waals surface area contributed by atoms with Crippen molar-refractivity contribution in [2.24, 2.45) is 0 Å². The molecule has 1 aliphatic carbocycles. The Morgan fingerprint density at radius 1 is 1.07 bits per heavy atom. The molecule has 1 fully saturated rings. The summed E-state index contributed by atoms with van der Waals surface area (Å²) in [5.41, 5.74) is 3.57. The minimum absolute atomic E-state index is 0.434. The molecule has 154 valence electrons. The molecular weight excluding hydrogens is 392 g/mol. The molecule has 6 heteroatoms. The van der Waals surface area contributed by atoms with Crippen LogP contribution in [0.25, 0.3) is 22.3 Å². The lowest BCUT2D eigenvalue weighted by molar-refractivity contribution is 0.352. The van der Waals surface area contributed by atoms with Crippen molar-refractivity contribution in [3.63, 3.8) is 0 Å². The minimum atomic E-state index is 0.434. The van der Waals surface area contributed by atoms with E-state index in [1.807, 2.05) is 12.1 Å². The number of nitrogens with zero attached hydrogens (tertiary/aromatic N) is 3. The highest BCUT2D eigenvalue weighted by molar-refractivity contribution is 7.71. The molecule has 2 aromatic carbocycles. The summed E-state index contributed by atoms with van der Waals surface area (Å²) in [6, 6.07) is 17.2. The molecule has 0 unspecified atom stereocenters. The van der Waals surface area contributed by atoms with Crippen molar-refractivity contribution >= 4 is 23.1 Å². The zero-order valence-electron chi connectivity index (χ0n) is 17.2. The van der Waals surface area contributed by atoms with Crippen LogP contribution >= 0.6 is 12.2 Å². The van der Waals surface area contributed by atoms with E-state index in [4.69, 9.17) is 17.0 Å². The fraction of sp³-hybridized carbons (Fsp3) is 0.333. The third kappa shape index (κ3) is 3.45. The van der Waals surface area contributed by atoms with Gasteiger partial charge in [-0.05, 0) is 48.8 Å². The molecule has 0 spiro atoms. The predicted octanol–water partition coefficient (Wildman–Crippen LogP) is 6.12. The van der Waals surface area contributed by atoms with Crippen molar-refractivity contribution < 1.29 is 4.74 Å². The monoisotopic (exact) mass is 418 g/mol. The molecule has 5 nitrogen and oxygen atoms in total. The standard InChI is InChI=1S/C24H26N4OS/c1-29-19-13-11-17(12-14-19)15-27-16-21(20-9-5-6-10-22(20)27)23-25-26-24(30)28(23)18-7-3-2-4-8-18/h5-6,9-14,16,18H,2-4,7-8,15H2,1H3,(H,26,30). The average Bonchev–Trinajstić information content (AvgIpc) is 3.35. The maximum absolute atomic E-state index is 5.64. The van der Waals surface area contributed by atoms with Gasteiger partial charge in [0.05, 0.1) is 7.11 Å². The van der Waals surface area contributed by atoms with Gasteiger partial charge < -0.3 is 9.30 Å². The molecule has 4 aromatic rings. The smallest absolute Gasteiger partial charge is 0.195 e. The molecule has 30 heavy (non-hydrogen) atoms. The van der Waals surface area contributed by atoms with Crippen molar-refractivity contribution in [2.75, 3.05) is 7.11 Å². The Labute approximate surface area is 181 Å². The number of methoxy groups -OCH3 is 1. The topological polar surface area (TPSA) is 47.8 Å². The Balaban J connectivity index is 1.59. The van der Waals surface area contributed by atoms with Gasteiger partial charge in [0.15, 0.2) is 10.6 Å². The summed E-state index contributed by atoms with van der Waals surface area (Å²) < 4.78 is 10.6. The van der Waals surface area contributed by atoms with Crippen LogP contribution < -0.4 is 4.74 Å². The van der Waals surface area contributed by atoms with Gasteiger partial charge >= 0.3 is 0 Å². The summed E-state index contributed by atoms with van der Waals surface area (Å²) in [7, 11) is 1.69. The molecule has 0 bridgehead atoms. The molecule has 0 saturated heterocycles. The van der Waals surface area contributed by atoms with Crippen LogP contribution in [0, 0.1) is 4.77 Å². The van der Waals surface area contributed by atoms with E-state index in [-0.39, 0.29) is 0 Å². The molecule has 1 saturated carbocycles. The Morgan fingerprint density at radius 2 is 1.83 bits per heavy atom. The van der Waals surface area contributed by atoms with Crippen LogP contribution in [0.15, 0.2) is 54.7 Å². The largest absolute Gasteiger partial charge is 0.497 e. The van der Waals surface area contributed by atoms with Crippen LogP contribution in [0.3, 0.4) is 0 Å². The number of aromatic nitrogens is 4. The third-order valence-corrected chi connectivity index (χ3v) is 6.47. The van der Waals surface area contributed by atoms with Crippen LogP contribution in [0.5, 0.6) is 5.75 Å². The maximum atomic E-state index is 5.64. The average molecular weight is 419 g/mol. The first-order chi connectivity index (χ1) is 14.7. The summed E-state index contributed by atoms with van der Waals surface area (Å²) >= 11 is 5.64. The predicted molar refractivity (Wildman–Crippen MR) is 123 cm³/mol. The first kappa shape index (κ1) is 19.1. The van der Waals surface area contributed by atoms with E-state index in [1.54, 1.807) is 7.11 Å². The van der Waals surface area contributed by atoms with Gasteiger partial charge in [-0.3, -0.25) is 9.67 Å². The van der Waals surface area contributed by atoms with Crippen molar-refractivity contribution in [1.82, 2.24) is 19.3 Å². The van der Waals surface area contributed by atoms with E-state index < -0.39 is 0 Å². The van der Waals surface area contributed by atoms with Crippen molar-refractivity contribution in [3.8, 4) is 17.1 Å². The number of nitrogens with one attached hydrogen (secondary N) is 1. The lowest BCUT2D eigenvalue weighted by Crippen LogP contribution is -2.14.